The molecule has 2 rings (SSSR count). The van der Waals surface area contributed by atoms with E-state index in [1.54, 1.807) is 11.8 Å². The van der Waals surface area contributed by atoms with Gasteiger partial charge in [0.2, 0.25) is 0 Å². The summed E-state index contributed by atoms with van der Waals surface area (Å²) in [6.07, 6.45) is 0. The van der Waals surface area contributed by atoms with Crippen LogP contribution in [0.15, 0.2) is 47.4 Å². The topological polar surface area (TPSA) is 26.3 Å². The van der Waals surface area contributed by atoms with Crippen LogP contribution in [0, 0.1) is 13.8 Å². The fourth-order valence-electron chi connectivity index (χ4n) is 2.15. The van der Waals surface area contributed by atoms with Crippen molar-refractivity contribution in [1.29, 1.82) is 0 Å². The predicted octanol–water partition coefficient (Wildman–Crippen LogP) is 4.68. The third-order valence-corrected chi connectivity index (χ3v) is 4.46. The van der Waals surface area contributed by atoms with E-state index in [2.05, 4.69) is 0 Å². The van der Waals surface area contributed by atoms with Crippen molar-refractivity contribution < 1.29 is 9.53 Å². The van der Waals surface area contributed by atoms with Crippen LogP contribution in [0.2, 0.25) is 0 Å². The number of rotatable bonds is 6. The summed E-state index contributed by atoms with van der Waals surface area (Å²) in [5.41, 5.74) is 2.85. The Kier molecular flexibility index (Phi) is 5.45. The molecule has 0 atom stereocenters. The molecule has 0 fully saturated rings. The molecule has 0 spiro atoms. The number of hydrogen-bond donors (Lipinski definition) is 0. The molecule has 0 aliphatic carbocycles. The fourth-order valence-corrected chi connectivity index (χ4v) is 2.96. The molecular formula is C18H20O2S. The number of carbonyl (C=O) groups is 1. The van der Waals surface area contributed by atoms with Gasteiger partial charge in [0.15, 0.2) is 5.78 Å². The number of ether oxygens (including phenoxy) is 1. The fraction of sp³-hybridized carbons (Fsp3) is 0.278. The summed E-state index contributed by atoms with van der Waals surface area (Å²) in [6.45, 7) is 6.58. The Labute approximate surface area is 130 Å². The molecule has 0 amide bonds. The molecule has 0 unspecified atom stereocenters. The van der Waals surface area contributed by atoms with Gasteiger partial charge < -0.3 is 4.74 Å². The van der Waals surface area contributed by atoms with Gasteiger partial charge in [0, 0.05) is 10.5 Å². The summed E-state index contributed by atoms with van der Waals surface area (Å²) in [6, 6.07) is 13.8. The molecule has 0 saturated heterocycles. The Morgan fingerprint density at radius 2 is 1.76 bits per heavy atom. The monoisotopic (exact) mass is 300 g/mol. The molecule has 110 valence electrons. The maximum absolute atomic E-state index is 12.4. The van der Waals surface area contributed by atoms with Crippen molar-refractivity contribution in [2.24, 2.45) is 0 Å². The van der Waals surface area contributed by atoms with Crippen LogP contribution < -0.4 is 4.74 Å². The van der Waals surface area contributed by atoms with E-state index in [4.69, 9.17) is 4.74 Å². The second kappa shape index (κ2) is 7.32. The third kappa shape index (κ3) is 3.88. The third-order valence-electron chi connectivity index (χ3n) is 3.45. The van der Waals surface area contributed by atoms with E-state index in [1.807, 2.05) is 63.2 Å². The number of Topliss-reactive ketones (excluding diaryl/α,β-unsaturated/α-hetero) is 1. The van der Waals surface area contributed by atoms with E-state index in [-0.39, 0.29) is 5.78 Å². The Bertz CT molecular complexity index is 621. The minimum atomic E-state index is 0.160. The highest BCUT2D eigenvalue weighted by Gasteiger charge is 2.13. The van der Waals surface area contributed by atoms with Gasteiger partial charge >= 0.3 is 0 Å². The molecule has 0 saturated carbocycles. The van der Waals surface area contributed by atoms with Gasteiger partial charge in [-0.2, -0.15) is 0 Å². The zero-order chi connectivity index (χ0) is 15.2. The molecule has 2 aromatic rings. The van der Waals surface area contributed by atoms with E-state index in [9.17, 15) is 4.79 Å². The molecule has 0 radical (unpaired) electrons. The van der Waals surface area contributed by atoms with E-state index in [1.165, 1.54) is 0 Å². The van der Waals surface area contributed by atoms with Crippen LogP contribution in [0.3, 0.4) is 0 Å². The standard InChI is InChI=1S/C18H20O2S/c1-4-20-18-11-10-16(13(2)14(18)3)17(19)12-21-15-8-6-5-7-9-15/h5-11H,4,12H2,1-3H3. The summed E-state index contributed by atoms with van der Waals surface area (Å²) in [5.74, 6) is 1.48. The lowest BCUT2D eigenvalue weighted by atomic mass is 10.00. The molecule has 0 aliphatic heterocycles. The molecular weight excluding hydrogens is 280 g/mol. The number of thioether (sulfide) groups is 1. The predicted molar refractivity (Wildman–Crippen MR) is 88.6 cm³/mol. The lowest BCUT2D eigenvalue weighted by Crippen LogP contribution is -2.07. The van der Waals surface area contributed by atoms with Gasteiger partial charge in [0.05, 0.1) is 12.4 Å². The highest BCUT2D eigenvalue weighted by molar-refractivity contribution is 8.00. The number of hydrogen-bond acceptors (Lipinski definition) is 3. The first-order valence-electron chi connectivity index (χ1n) is 7.07. The summed E-state index contributed by atoms with van der Waals surface area (Å²) in [7, 11) is 0. The number of benzene rings is 2. The average Bonchev–Trinajstić information content (AvgIpc) is 2.51. The van der Waals surface area contributed by atoms with Gasteiger partial charge in [-0.1, -0.05) is 18.2 Å². The van der Waals surface area contributed by atoms with Gasteiger partial charge in [0.25, 0.3) is 0 Å². The maximum atomic E-state index is 12.4. The average molecular weight is 300 g/mol. The van der Waals surface area contributed by atoms with Crippen LogP contribution in [0.1, 0.15) is 28.4 Å². The van der Waals surface area contributed by atoms with E-state index < -0.39 is 0 Å². The Balaban J connectivity index is 2.11. The molecule has 0 N–H and O–H groups in total. The van der Waals surface area contributed by atoms with Crippen molar-refractivity contribution in [1.82, 2.24) is 0 Å². The van der Waals surface area contributed by atoms with E-state index in [0.717, 1.165) is 27.3 Å². The highest BCUT2D eigenvalue weighted by atomic mass is 32.2. The molecule has 0 heterocycles. The van der Waals surface area contributed by atoms with E-state index in [0.29, 0.717) is 12.4 Å². The zero-order valence-corrected chi connectivity index (χ0v) is 13.5. The zero-order valence-electron chi connectivity index (χ0n) is 12.7. The molecule has 0 aliphatic rings. The summed E-state index contributed by atoms with van der Waals surface area (Å²) in [5, 5.41) is 0. The van der Waals surface area contributed by atoms with Crippen LogP contribution in [0.25, 0.3) is 0 Å². The van der Waals surface area contributed by atoms with Crippen molar-refractivity contribution >= 4 is 17.5 Å². The van der Waals surface area contributed by atoms with Gasteiger partial charge in [-0.15, -0.1) is 11.8 Å². The SMILES string of the molecule is CCOc1ccc(C(=O)CSc2ccccc2)c(C)c1C. The molecule has 2 nitrogen and oxygen atoms in total. The number of ketones is 1. The van der Waals surface area contributed by atoms with Gasteiger partial charge in [-0.05, 0) is 56.2 Å². The van der Waals surface area contributed by atoms with Crippen molar-refractivity contribution in [3.05, 3.63) is 59.2 Å². The summed E-state index contributed by atoms with van der Waals surface area (Å²) < 4.78 is 5.56. The summed E-state index contributed by atoms with van der Waals surface area (Å²) >= 11 is 1.57. The Morgan fingerprint density at radius 1 is 1.05 bits per heavy atom. The maximum Gasteiger partial charge on any atom is 0.173 e. The summed E-state index contributed by atoms with van der Waals surface area (Å²) in [4.78, 5) is 13.5. The van der Waals surface area contributed by atoms with Crippen molar-refractivity contribution in [3.63, 3.8) is 0 Å². The van der Waals surface area contributed by atoms with Gasteiger partial charge in [-0.25, -0.2) is 0 Å². The Hall–Kier alpha value is -1.74. The first kappa shape index (κ1) is 15.6. The minimum absolute atomic E-state index is 0.160. The van der Waals surface area contributed by atoms with Gasteiger partial charge in [0.1, 0.15) is 5.75 Å². The molecule has 0 bridgehead atoms. The van der Waals surface area contributed by atoms with Crippen molar-refractivity contribution in [2.45, 2.75) is 25.7 Å². The molecule has 2 aromatic carbocycles. The molecule has 21 heavy (non-hydrogen) atoms. The first-order valence-corrected chi connectivity index (χ1v) is 8.06. The highest BCUT2D eigenvalue weighted by Crippen LogP contribution is 2.26. The lowest BCUT2D eigenvalue weighted by molar-refractivity contribution is 0.102. The largest absolute Gasteiger partial charge is 0.494 e. The molecule has 0 aromatic heterocycles. The number of carbonyl (C=O) groups excluding carboxylic acids is 1. The minimum Gasteiger partial charge on any atom is -0.494 e. The van der Waals surface area contributed by atoms with Crippen LogP contribution >= 0.6 is 11.8 Å². The second-order valence-electron chi connectivity index (χ2n) is 4.82. The van der Waals surface area contributed by atoms with Crippen LogP contribution in [-0.2, 0) is 0 Å². The normalized spacial score (nSPS) is 10.4. The first-order chi connectivity index (χ1) is 10.1. The van der Waals surface area contributed by atoms with Gasteiger partial charge in [-0.3, -0.25) is 4.79 Å². The molecule has 3 heteroatoms. The van der Waals surface area contributed by atoms with Crippen LogP contribution in [-0.4, -0.2) is 18.1 Å². The quantitative estimate of drug-likeness (QED) is 0.572. The smallest absolute Gasteiger partial charge is 0.173 e. The van der Waals surface area contributed by atoms with E-state index >= 15 is 0 Å². The second-order valence-corrected chi connectivity index (χ2v) is 5.87. The van der Waals surface area contributed by atoms with Crippen molar-refractivity contribution in [2.75, 3.05) is 12.4 Å². The van der Waals surface area contributed by atoms with Crippen LogP contribution in [0.5, 0.6) is 5.75 Å². The van der Waals surface area contributed by atoms with Crippen molar-refractivity contribution in [3.8, 4) is 5.75 Å². The Morgan fingerprint density at radius 3 is 2.43 bits per heavy atom. The van der Waals surface area contributed by atoms with Crippen LogP contribution in [0.4, 0.5) is 0 Å². The lowest BCUT2D eigenvalue weighted by Gasteiger charge is -2.13.